The Morgan fingerprint density at radius 1 is 1.33 bits per heavy atom. The molecule has 0 aliphatic heterocycles. The standard InChI is InChI=1S/C13H14Br2N4O2/c1-6(2)11-17-12(19-18-11)13(20)16-9-5-10(21-3)8(15)4-7(9)14/h4-6H,1-3H3,(H,16,20)(H,17,18,19). The third kappa shape index (κ3) is 3.62. The fourth-order valence-electron chi connectivity index (χ4n) is 1.59. The Hall–Kier alpha value is -1.41. The Morgan fingerprint density at radius 2 is 2.05 bits per heavy atom. The Kier molecular flexibility index (Phi) is 5.00. The summed E-state index contributed by atoms with van der Waals surface area (Å²) in [5.41, 5.74) is 0.580. The van der Waals surface area contributed by atoms with E-state index in [4.69, 9.17) is 4.74 Å². The fourth-order valence-corrected chi connectivity index (χ4v) is 2.85. The summed E-state index contributed by atoms with van der Waals surface area (Å²) >= 11 is 6.77. The molecule has 1 heterocycles. The molecule has 0 aliphatic carbocycles. The molecule has 0 aliphatic rings. The predicted molar refractivity (Wildman–Crippen MR) is 86.8 cm³/mol. The van der Waals surface area contributed by atoms with Crippen molar-refractivity contribution in [1.82, 2.24) is 15.2 Å². The fraction of sp³-hybridized carbons (Fsp3) is 0.308. The first-order valence-corrected chi connectivity index (χ1v) is 7.77. The number of methoxy groups -OCH3 is 1. The lowest BCUT2D eigenvalue weighted by Crippen LogP contribution is -2.14. The SMILES string of the molecule is COc1cc(NC(=O)c2n[nH]c(C(C)C)n2)c(Br)cc1Br. The summed E-state index contributed by atoms with van der Waals surface area (Å²) in [6.07, 6.45) is 0. The number of halogens is 2. The number of nitrogens with one attached hydrogen (secondary N) is 2. The lowest BCUT2D eigenvalue weighted by molar-refractivity contribution is 0.101. The molecule has 1 aromatic heterocycles. The van der Waals surface area contributed by atoms with Crippen LogP contribution in [0, 0.1) is 0 Å². The number of aromatic nitrogens is 3. The second-order valence-electron chi connectivity index (χ2n) is 4.62. The van der Waals surface area contributed by atoms with E-state index in [1.165, 1.54) is 0 Å². The highest BCUT2D eigenvalue weighted by atomic mass is 79.9. The topological polar surface area (TPSA) is 79.9 Å². The number of rotatable bonds is 4. The minimum absolute atomic E-state index is 0.104. The molecule has 0 saturated heterocycles. The summed E-state index contributed by atoms with van der Waals surface area (Å²) < 4.78 is 6.72. The third-order valence-corrected chi connectivity index (χ3v) is 4.02. The van der Waals surface area contributed by atoms with Crippen molar-refractivity contribution >= 4 is 43.5 Å². The molecule has 21 heavy (non-hydrogen) atoms. The number of carbonyl (C=O) groups excluding carboxylic acids is 1. The van der Waals surface area contributed by atoms with Gasteiger partial charge in [0.15, 0.2) is 0 Å². The van der Waals surface area contributed by atoms with Crippen molar-refractivity contribution in [2.45, 2.75) is 19.8 Å². The van der Waals surface area contributed by atoms with Gasteiger partial charge in [-0.1, -0.05) is 13.8 Å². The molecule has 2 rings (SSSR count). The summed E-state index contributed by atoms with van der Waals surface area (Å²) in [5, 5.41) is 9.42. The minimum atomic E-state index is -0.386. The molecule has 1 amide bonds. The summed E-state index contributed by atoms with van der Waals surface area (Å²) in [5.74, 6) is 1.19. The Balaban J connectivity index is 2.22. The molecule has 0 radical (unpaired) electrons. The van der Waals surface area contributed by atoms with Crippen LogP contribution in [-0.4, -0.2) is 28.2 Å². The molecule has 0 spiro atoms. The van der Waals surface area contributed by atoms with Crippen molar-refractivity contribution in [3.63, 3.8) is 0 Å². The number of benzene rings is 1. The van der Waals surface area contributed by atoms with Crippen LogP contribution in [0.15, 0.2) is 21.1 Å². The van der Waals surface area contributed by atoms with E-state index in [1.807, 2.05) is 13.8 Å². The lowest BCUT2D eigenvalue weighted by Gasteiger charge is -2.09. The van der Waals surface area contributed by atoms with Crippen molar-refractivity contribution in [2.24, 2.45) is 0 Å². The maximum atomic E-state index is 12.2. The van der Waals surface area contributed by atoms with Gasteiger partial charge in [-0.2, -0.15) is 0 Å². The first-order valence-electron chi connectivity index (χ1n) is 6.19. The number of amides is 1. The zero-order chi connectivity index (χ0) is 15.6. The van der Waals surface area contributed by atoms with Crippen molar-refractivity contribution < 1.29 is 9.53 Å². The molecule has 0 bridgehead atoms. The zero-order valence-corrected chi connectivity index (χ0v) is 14.9. The number of anilines is 1. The number of ether oxygens (including phenoxy) is 1. The van der Waals surface area contributed by atoms with Gasteiger partial charge in [0.1, 0.15) is 11.6 Å². The Labute approximate surface area is 138 Å². The molecular formula is C13H14Br2N4O2. The average Bonchev–Trinajstić information content (AvgIpc) is 2.91. The van der Waals surface area contributed by atoms with Crippen LogP contribution < -0.4 is 10.1 Å². The molecular weight excluding hydrogens is 404 g/mol. The van der Waals surface area contributed by atoms with E-state index in [1.54, 1.807) is 19.2 Å². The number of nitrogens with zero attached hydrogens (tertiary/aromatic N) is 2. The largest absolute Gasteiger partial charge is 0.495 e. The van der Waals surface area contributed by atoms with Gasteiger partial charge in [-0.25, -0.2) is 4.98 Å². The van der Waals surface area contributed by atoms with E-state index < -0.39 is 0 Å². The van der Waals surface area contributed by atoms with Crippen LogP contribution in [0.2, 0.25) is 0 Å². The predicted octanol–water partition coefficient (Wildman–Crippen LogP) is 3.71. The van der Waals surface area contributed by atoms with Gasteiger partial charge in [-0.05, 0) is 37.9 Å². The first-order chi connectivity index (χ1) is 9.92. The number of aromatic amines is 1. The summed E-state index contributed by atoms with van der Waals surface area (Å²) in [7, 11) is 1.56. The maximum absolute atomic E-state index is 12.2. The van der Waals surface area contributed by atoms with E-state index in [-0.39, 0.29) is 17.6 Å². The molecule has 2 aromatic rings. The monoisotopic (exact) mass is 416 g/mol. The van der Waals surface area contributed by atoms with E-state index in [2.05, 4.69) is 52.4 Å². The van der Waals surface area contributed by atoms with Gasteiger partial charge in [-0.3, -0.25) is 9.89 Å². The van der Waals surface area contributed by atoms with Crippen LogP contribution in [0.4, 0.5) is 5.69 Å². The maximum Gasteiger partial charge on any atom is 0.295 e. The third-order valence-electron chi connectivity index (χ3n) is 2.74. The van der Waals surface area contributed by atoms with Gasteiger partial charge < -0.3 is 10.1 Å². The van der Waals surface area contributed by atoms with Crippen LogP contribution in [0.25, 0.3) is 0 Å². The molecule has 0 unspecified atom stereocenters. The molecule has 2 N–H and O–H groups in total. The van der Waals surface area contributed by atoms with Crippen LogP contribution in [0.3, 0.4) is 0 Å². The van der Waals surface area contributed by atoms with Gasteiger partial charge in [0.2, 0.25) is 5.82 Å². The minimum Gasteiger partial charge on any atom is -0.495 e. The van der Waals surface area contributed by atoms with Crippen LogP contribution in [-0.2, 0) is 0 Å². The van der Waals surface area contributed by atoms with Gasteiger partial charge in [0.05, 0.1) is 17.3 Å². The van der Waals surface area contributed by atoms with Gasteiger partial charge in [-0.15, -0.1) is 5.10 Å². The van der Waals surface area contributed by atoms with Gasteiger partial charge in [0, 0.05) is 16.5 Å². The summed E-state index contributed by atoms with van der Waals surface area (Å²) in [6.45, 7) is 3.94. The van der Waals surface area contributed by atoms with Gasteiger partial charge >= 0.3 is 0 Å². The van der Waals surface area contributed by atoms with Gasteiger partial charge in [0.25, 0.3) is 5.91 Å². The first kappa shape index (κ1) is 16.0. The van der Waals surface area contributed by atoms with Crippen molar-refractivity contribution in [3.05, 3.63) is 32.7 Å². The number of H-pyrrole nitrogens is 1. The highest BCUT2D eigenvalue weighted by Gasteiger charge is 2.16. The smallest absolute Gasteiger partial charge is 0.295 e. The van der Waals surface area contributed by atoms with Crippen LogP contribution in [0.5, 0.6) is 5.75 Å². The number of carbonyl (C=O) groups is 1. The molecule has 8 heteroatoms. The summed E-state index contributed by atoms with van der Waals surface area (Å²) in [4.78, 5) is 16.3. The van der Waals surface area contributed by atoms with Crippen molar-refractivity contribution in [2.75, 3.05) is 12.4 Å². The highest BCUT2D eigenvalue weighted by molar-refractivity contribution is 9.11. The molecule has 0 fully saturated rings. The molecule has 0 saturated carbocycles. The van der Waals surface area contributed by atoms with E-state index in [0.717, 1.165) is 8.95 Å². The molecule has 112 valence electrons. The Bertz CT molecular complexity index is 670. The molecule has 0 atom stereocenters. The van der Waals surface area contributed by atoms with Crippen LogP contribution in [0.1, 0.15) is 36.2 Å². The second kappa shape index (κ2) is 6.57. The number of hydrogen-bond acceptors (Lipinski definition) is 4. The van der Waals surface area contributed by atoms with Crippen molar-refractivity contribution in [3.8, 4) is 5.75 Å². The normalized spacial score (nSPS) is 10.8. The lowest BCUT2D eigenvalue weighted by atomic mass is 10.2. The average molecular weight is 418 g/mol. The summed E-state index contributed by atoms with van der Waals surface area (Å²) in [6, 6.07) is 3.51. The highest BCUT2D eigenvalue weighted by Crippen LogP contribution is 2.34. The molecule has 1 aromatic carbocycles. The van der Waals surface area contributed by atoms with Crippen molar-refractivity contribution in [1.29, 1.82) is 0 Å². The Morgan fingerprint density at radius 3 is 2.62 bits per heavy atom. The quantitative estimate of drug-likeness (QED) is 0.794. The zero-order valence-electron chi connectivity index (χ0n) is 11.7. The second-order valence-corrected chi connectivity index (χ2v) is 6.33. The molecule has 6 nitrogen and oxygen atoms in total. The number of hydrogen-bond donors (Lipinski definition) is 2. The van der Waals surface area contributed by atoms with E-state index in [9.17, 15) is 4.79 Å². The van der Waals surface area contributed by atoms with E-state index in [0.29, 0.717) is 17.3 Å². The van der Waals surface area contributed by atoms with Crippen LogP contribution >= 0.6 is 31.9 Å². The van der Waals surface area contributed by atoms with E-state index >= 15 is 0 Å².